The molecule has 7 nitrogen and oxygen atoms in total. The summed E-state index contributed by atoms with van der Waals surface area (Å²) in [6.07, 6.45) is 0.484. The molecule has 1 fully saturated rings. The van der Waals surface area contributed by atoms with Crippen molar-refractivity contribution < 1.29 is 24.2 Å². The molecule has 0 bridgehead atoms. The molecule has 146 valence electrons. The Kier molecular flexibility index (Phi) is 7.68. The quantitative estimate of drug-likeness (QED) is 0.625. The second-order valence-corrected chi connectivity index (χ2v) is 7.84. The van der Waals surface area contributed by atoms with E-state index in [-0.39, 0.29) is 18.4 Å². The van der Waals surface area contributed by atoms with Gasteiger partial charge in [-0.1, -0.05) is 26.7 Å². The van der Waals surface area contributed by atoms with Crippen LogP contribution >= 0.6 is 0 Å². The molecular formula is C18H34N2O5. The molecule has 1 rings (SSSR count). The number of nitrogens with one attached hydrogen (secondary N) is 1. The summed E-state index contributed by atoms with van der Waals surface area (Å²) in [4.78, 5) is 24.2. The zero-order valence-electron chi connectivity index (χ0n) is 16.2. The van der Waals surface area contributed by atoms with Crippen molar-refractivity contribution in [3.63, 3.8) is 0 Å². The normalized spacial score (nSPS) is 27.9. The van der Waals surface area contributed by atoms with Crippen molar-refractivity contribution in [2.24, 2.45) is 23.5 Å². The highest BCUT2D eigenvalue weighted by Crippen LogP contribution is 2.37. The maximum atomic E-state index is 12.2. The summed E-state index contributed by atoms with van der Waals surface area (Å²) in [6.45, 7) is 9.43. The Balaban J connectivity index is 3.00. The van der Waals surface area contributed by atoms with Gasteiger partial charge in [0, 0.05) is 18.0 Å². The van der Waals surface area contributed by atoms with Crippen LogP contribution in [-0.4, -0.2) is 48.1 Å². The first-order chi connectivity index (χ1) is 11.6. The third kappa shape index (κ3) is 5.57. The average Bonchev–Trinajstić information content (AvgIpc) is 2.81. The van der Waals surface area contributed by atoms with E-state index in [0.29, 0.717) is 0 Å². The lowest BCUT2D eigenvalue weighted by Crippen LogP contribution is -2.51. The van der Waals surface area contributed by atoms with Crippen molar-refractivity contribution >= 4 is 12.1 Å². The molecular weight excluding hydrogens is 324 g/mol. The van der Waals surface area contributed by atoms with Gasteiger partial charge in [-0.3, -0.25) is 4.79 Å². The highest BCUT2D eigenvalue weighted by molar-refractivity contribution is 5.74. The Bertz CT molecular complexity index is 459. The van der Waals surface area contributed by atoms with Gasteiger partial charge in [0.05, 0.1) is 19.1 Å². The SMILES string of the molecule is CCC(CC)[C@H](N)C1C(NC(=O)OC(C)(C)C)CC(C(=O)OC)C1O. The smallest absolute Gasteiger partial charge is 0.407 e. The molecule has 0 aromatic heterocycles. The standard InChI is InChI=1S/C18H34N2O5/c1-7-10(8-2)14(19)13-12(20-17(23)25-18(3,4)5)9-11(15(13)21)16(22)24-6/h10-15,21H,7-9,19H2,1-6H3,(H,20,23)/t11?,12?,13?,14-,15?/m0/s1. The summed E-state index contributed by atoms with van der Waals surface area (Å²) in [5.41, 5.74) is 5.80. The van der Waals surface area contributed by atoms with Crippen molar-refractivity contribution in [1.82, 2.24) is 5.32 Å². The number of carbonyl (C=O) groups excluding carboxylic acids is 2. The molecule has 4 N–H and O–H groups in total. The van der Waals surface area contributed by atoms with Crippen LogP contribution in [-0.2, 0) is 14.3 Å². The topological polar surface area (TPSA) is 111 Å². The Morgan fingerprint density at radius 1 is 1.28 bits per heavy atom. The lowest BCUT2D eigenvalue weighted by molar-refractivity contribution is -0.149. The van der Waals surface area contributed by atoms with Crippen LogP contribution in [0.1, 0.15) is 53.9 Å². The maximum absolute atomic E-state index is 12.2. The third-order valence-corrected chi connectivity index (χ3v) is 5.02. The molecule has 1 aliphatic carbocycles. The van der Waals surface area contributed by atoms with Gasteiger partial charge >= 0.3 is 12.1 Å². The second-order valence-electron chi connectivity index (χ2n) is 7.84. The van der Waals surface area contributed by atoms with E-state index >= 15 is 0 Å². The van der Waals surface area contributed by atoms with Crippen molar-refractivity contribution in [2.75, 3.05) is 7.11 Å². The van der Waals surface area contributed by atoms with E-state index in [1.165, 1.54) is 7.11 Å². The van der Waals surface area contributed by atoms with Gasteiger partial charge in [-0.25, -0.2) is 4.79 Å². The van der Waals surface area contributed by atoms with E-state index in [2.05, 4.69) is 5.32 Å². The lowest BCUT2D eigenvalue weighted by Gasteiger charge is -2.33. The number of rotatable bonds is 6. The van der Waals surface area contributed by atoms with Gasteiger partial charge in [-0.15, -0.1) is 0 Å². The average molecular weight is 358 g/mol. The predicted octanol–water partition coefficient (Wildman–Crippen LogP) is 1.81. The number of aliphatic hydroxyl groups excluding tert-OH is 1. The molecule has 1 aliphatic rings. The molecule has 5 atom stereocenters. The van der Waals surface area contributed by atoms with Crippen molar-refractivity contribution in [2.45, 2.75) is 77.7 Å². The van der Waals surface area contributed by atoms with E-state index < -0.39 is 41.6 Å². The number of methoxy groups -OCH3 is 1. The number of hydrogen-bond acceptors (Lipinski definition) is 6. The van der Waals surface area contributed by atoms with E-state index in [1.54, 1.807) is 20.8 Å². The Morgan fingerprint density at radius 3 is 2.28 bits per heavy atom. The van der Waals surface area contributed by atoms with Crippen molar-refractivity contribution in [1.29, 1.82) is 0 Å². The van der Waals surface area contributed by atoms with E-state index in [1.807, 2.05) is 13.8 Å². The third-order valence-electron chi connectivity index (χ3n) is 5.02. The van der Waals surface area contributed by atoms with E-state index in [0.717, 1.165) is 12.8 Å². The minimum Gasteiger partial charge on any atom is -0.469 e. The molecule has 1 saturated carbocycles. The largest absolute Gasteiger partial charge is 0.469 e. The minimum atomic E-state index is -0.956. The molecule has 1 amide bonds. The maximum Gasteiger partial charge on any atom is 0.407 e. The molecule has 0 spiro atoms. The molecule has 0 aromatic rings. The monoisotopic (exact) mass is 358 g/mol. The summed E-state index contributed by atoms with van der Waals surface area (Å²) in [6, 6.07) is -0.774. The molecule has 0 radical (unpaired) electrons. The number of nitrogens with two attached hydrogens (primary N) is 1. The van der Waals surface area contributed by atoms with Gasteiger partial charge in [0.25, 0.3) is 0 Å². The van der Waals surface area contributed by atoms with Gasteiger partial charge in [0.1, 0.15) is 5.60 Å². The summed E-state index contributed by atoms with van der Waals surface area (Å²) < 4.78 is 10.1. The van der Waals surface area contributed by atoms with E-state index in [4.69, 9.17) is 15.2 Å². The minimum absolute atomic E-state index is 0.194. The molecule has 0 aliphatic heterocycles. The Hall–Kier alpha value is -1.34. The molecule has 25 heavy (non-hydrogen) atoms. The Labute approximate surface area is 150 Å². The highest BCUT2D eigenvalue weighted by Gasteiger charge is 2.50. The first-order valence-electron chi connectivity index (χ1n) is 9.06. The van der Waals surface area contributed by atoms with Gasteiger partial charge in [-0.2, -0.15) is 0 Å². The zero-order chi connectivity index (χ0) is 19.4. The molecule has 7 heteroatoms. The number of alkyl carbamates (subject to hydrolysis) is 1. The van der Waals surface area contributed by atoms with Crippen LogP contribution in [0.5, 0.6) is 0 Å². The number of amides is 1. The number of ether oxygens (including phenoxy) is 2. The van der Waals surface area contributed by atoms with Crippen LogP contribution in [0.3, 0.4) is 0 Å². The Morgan fingerprint density at radius 2 is 1.84 bits per heavy atom. The molecule has 4 unspecified atom stereocenters. The molecule has 0 saturated heterocycles. The second kappa shape index (κ2) is 8.85. The van der Waals surface area contributed by atoms with E-state index in [9.17, 15) is 14.7 Å². The lowest BCUT2D eigenvalue weighted by atomic mass is 9.81. The summed E-state index contributed by atoms with van der Waals surface area (Å²) in [7, 11) is 1.29. The van der Waals surface area contributed by atoms with Crippen molar-refractivity contribution in [3.8, 4) is 0 Å². The van der Waals surface area contributed by atoms with Crippen LogP contribution in [0.4, 0.5) is 4.79 Å². The fourth-order valence-electron chi connectivity index (χ4n) is 3.72. The molecule has 0 heterocycles. The first kappa shape index (κ1) is 21.7. The van der Waals surface area contributed by atoms with Gasteiger partial charge < -0.3 is 25.6 Å². The summed E-state index contributed by atoms with van der Waals surface area (Å²) >= 11 is 0. The summed E-state index contributed by atoms with van der Waals surface area (Å²) in [5, 5.41) is 13.5. The number of hydrogen-bond donors (Lipinski definition) is 3. The van der Waals surface area contributed by atoms with Crippen molar-refractivity contribution in [3.05, 3.63) is 0 Å². The fraction of sp³-hybridized carbons (Fsp3) is 0.889. The van der Waals surface area contributed by atoms with Gasteiger partial charge in [-0.05, 0) is 33.1 Å². The zero-order valence-corrected chi connectivity index (χ0v) is 16.2. The van der Waals surface area contributed by atoms with Gasteiger partial charge in [0.2, 0.25) is 0 Å². The fourth-order valence-corrected chi connectivity index (χ4v) is 3.72. The van der Waals surface area contributed by atoms with Crippen LogP contribution in [0.2, 0.25) is 0 Å². The molecule has 0 aromatic carbocycles. The van der Waals surface area contributed by atoms with Crippen LogP contribution in [0.25, 0.3) is 0 Å². The number of carbonyl (C=O) groups is 2. The van der Waals surface area contributed by atoms with Crippen LogP contribution in [0.15, 0.2) is 0 Å². The number of aliphatic hydroxyl groups is 1. The first-order valence-corrected chi connectivity index (χ1v) is 9.06. The summed E-state index contributed by atoms with van der Waals surface area (Å²) in [5.74, 6) is -1.42. The highest BCUT2D eigenvalue weighted by atomic mass is 16.6. The van der Waals surface area contributed by atoms with Crippen LogP contribution in [0, 0.1) is 17.8 Å². The van der Waals surface area contributed by atoms with Gasteiger partial charge in [0.15, 0.2) is 0 Å². The predicted molar refractivity (Wildman–Crippen MR) is 94.8 cm³/mol. The van der Waals surface area contributed by atoms with Crippen LogP contribution < -0.4 is 11.1 Å². The number of esters is 1.